The van der Waals surface area contributed by atoms with Crippen LogP contribution in [0.25, 0.3) is 0 Å². The van der Waals surface area contributed by atoms with Gasteiger partial charge in [-0.1, -0.05) is 41.1 Å². The molecule has 92 valence electrons. The lowest BCUT2D eigenvalue weighted by molar-refractivity contribution is 0.0593. The van der Waals surface area contributed by atoms with Gasteiger partial charge in [0.05, 0.1) is 13.2 Å². The van der Waals surface area contributed by atoms with Gasteiger partial charge in [-0.2, -0.15) is 0 Å². The average Bonchev–Trinajstić information content (AvgIpc) is 2.41. The molecule has 0 radical (unpaired) electrons. The zero-order valence-electron chi connectivity index (χ0n) is 9.50. The lowest BCUT2D eigenvalue weighted by Gasteiger charge is -2.25. The van der Waals surface area contributed by atoms with Crippen molar-refractivity contribution in [2.45, 2.75) is 5.75 Å². The Morgan fingerprint density at radius 1 is 1.24 bits per heavy atom. The number of hydrogen-bond donors (Lipinski definition) is 0. The first kappa shape index (κ1) is 12.8. The summed E-state index contributed by atoms with van der Waals surface area (Å²) in [5.41, 5.74) is 1.25. The molecule has 1 heterocycles. The van der Waals surface area contributed by atoms with Gasteiger partial charge in [0.15, 0.2) is 0 Å². The third-order valence-corrected chi connectivity index (χ3v) is 4.57. The maximum atomic E-state index is 11.8. The van der Waals surface area contributed by atoms with E-state index in [2.05, 4.69) is 12.1 Å². The first-order valence-corrected chi connectivity index (χ1v) is 7.88. The molecule has 17 heavy (non-hydrogen) atoms. The predicted octanol–water partition coefficient (Wildman–Crippen LogP) is 3.02. The first-order valence-electron chi connectivity index (χ1n) is 5.56. The Bertz CT molecular complexity index is 353. The fraction of sp³-hybridized carbons (Fsp3) is 0.417. The zero-order valence-corrected chi connectivity index (χ0v) is 11.1. The Kier molecular flexibility index (Phi) is 5.22. The van der Waals surface area contributed by atoms with E-state index in [1.54, 1.807) is 10.8 Å². The molecule has 0 aliphatic carbocycles. The number of amides is 1. The zero-order chi connectivity index (χ0) is 11.9. The van der Waals surface area contributed by atoms with Crippen molar-refractivity contribution in [3.8, 4) is 0 Å². The van der Waals surface area contributed by atoms with Crippen molar-refractivity contribution in [3.63, 3.8) is 0 Å². The van der Waals surface area contributed by atoms with Crippen molar-refractivity contribution in [2.75, 3.05) is 26.3 Å². The molecular weight excluding hydrogens is 254 g/mol. The molecule has 1 saturated heterocycles. The van der Waals surface area contributed by atoms with Crippen molar-refractivity contribution in [2.24, 2.45) is 0 Å². The van der Waals surface area contributed by atoms with Crippen LogP contribution in [-0.4, -0.2) is 36.4 Å². The van der Waals surface area contributed by atoms with Crippen LogP contribution in [0.3, 0.4) is 0 Å². The summed E-state index contributed by atoms with van der Waals surface area (Å²) in [7, 11) is 2.92. The van der Waals surface area contributed by atoms with Crippen molar-refractivity contribution >= 4 is 26.8 Å². The highest BCUT2D eigenvalue weighted by Crippen LogP contribution is 2.28. The molecule has 0 aromatic heterocycles. The Balaban J connectivity index is 1.69. The Morgan fingerprint density at radius 3 is 2.65 bits per heavy atom. The molecule has 0 atom stereocenters. The number of benzene rings is 1. The molecule has 2 rings (SSSR count). The van der Waals surface area contributed by atoms with E-state index in [9.17, 15) is 4.79 Å². The molecule has 3 nitrogen and oxygen atoms in total. The fourth-order valence-corrected chi connectivity index (χ4v) is 3.50. The summed E-state index contributed by atoms with van der Waals surface area (Å²) < 4.78 is 5.21. The van der Waals surface area contributed by atoms with Crippen LogP contribution < -0.4 is 0 Å². The summed E-state index contributed by atoms with van der Waals surface area (Å²) >= 11 is 0. The lowest BCUT2D eigenvalue weighted by Crippen LogP contribution is -2.38. The number of carbonyl (C=O) groups excluding carboxylic acids is 1. The van der Waals surface area contributed by atoms with E-state index in [4.69, 9.17) is 4.74 Å². The van der Waals surface area contributed by atoms with Crippen LogP contribution in [0.5, 0.6) is 0 Å². The number of hydrogen-bond acceptors (Lipinski definition) is 4. The second-order valence-corrected chi connectivity index (χ2v) is 5.94. The van der Waals surface area contributed by atoms with Crippen LogP contribution in [0.1, 0.15) is 5.56 Å². The normalized spacial score (nSPS) is 15.9. The molecule has 0 bridgehead atoms. The van der Waals surface area contributed by atoms with Crippen LogP contribution >= 0.6 is 21.6 Å². The molecule has 1 aliphatic rings. The van der Waals surface area contributed by atoms with Gasteiger partial charge in [0, 0.05) is 29.6 Å². The Labute approximate surface area is 109 Å². The van der Waals surface area contributed by atoms with Gasteiger partial charge in [0.2, 0.25) is 0 Å². The number of nitrogens with zero attached hydrogens (tertiary/aromatic N) is 1. The number of ether oxygens (including phenoxy) is 1. The molecule has 1 amide bonds. The molecule has 1 aromatic rings. The summed E-state index contributed by atoms with van der Waals surface area (Å²) in [6.45, 7) is 2.76. The van der Waals surface area contributed by atoms with Gasteiger partial charge in [-0.3, -0.25) is 4.79 Å². The summed E-state index contributed by atoms with van der Waals surface area (Å²) in [6.07, 6.45) is 0. The number of carbonyl (C=O) groups is 1. The average molecular weight is 269 g/mol. The summed E-state index contributed by atoms with van der Waals surface area (Å²) in [5, 5.41) is 0.147. The second-order valence-electron chi connectivity index (χ2n) is 3.70. The van der Waals surface area contributed by atoms with Gasteiger partial charge in [0.1, 0.15) is 0 Å². The molecule has 5 heteroatoms. The lowest BCUT2D eigenvalue weighted by atomic mass is 10.2. The van der Waals surface area contributed by atoms with Crippen LogP contribution in [0.15, 0.2) is 30.3 Å². The Morgan fingerprint density at radius 2 is 1.94 bits per heavy atom. The van der Waals surface area contributed by atoms with Crippen LogP contribution in [0.4, 0.5) is 4.79 Å². The third-order valence-electron chi connectivity index (χ3n) is 2.47. The van der Waals surface area contributed by atoms with E-state index in [0.29, 0.717) is 13.2 Å². The maximum Gasteiger partial charge on any atom is 0.292 e. The molecule has 1 aromatic carbocycles. The van der Waals surface area contributed by atoms with E-state index in [1.807, 2.05) is 23.1 Å². The minimum absolute atomic E-state index is 0.147. The summed E-state index contributed by atoms with van der Waals surface area (Å²) in [4.78, 5) is 13.7. The highest BCUT2D eigenvalue weighted by Gasteiger charge is 2.17. The molecule has 0 N–H and O–H groups in total. The van der Waals surface area contributed by atoms with Crippen molar-refractivity contribution in [1.82, 2.24) is 4.90 Å². The van der Waals surface area contributed by atoms with E-state index < -0.39 is 0 Å². The quantitative estimate of drug-likeness (QED) is 0.789. The van der Waals surface area contributed by atoms with Gasteiger partial charge in [-0.05, 0) is 5.56 Å². The van der Waals surface area contributed by atoms with Gasteiger partial charge in [-0.25, -0.2) is 0 Å². The van der Waals surface area contributed by atoms with Gasteiger partial charge in [-0.15, -0.1) is 0 Å². The van der Waals surface area contributed by atoms with Gasteiger partial charge >= 0.3 is 0 Å². The van der Waals surface area contributed by atoms with Crippen LogP contribution in [0.2, 0.25) is 0 Å². The van der Waals surface area contributed by atoms with E-state index >= 15 is 0 Å². The molecule has 0 spiro atoms. The van der Waals surface area contributed by atoms with E-state index in [-0.39, 0.29) is 5.24 Å². The van der Waals surface area contributed by atoms with E-state index in [0.717, 1.165) is 18.8 Å². The third kappa shape index (κ3) is 4.26. The van der Waals surface area contributed by atoms with Gasteiger partial charge < -0.3 is 9.64 Å². The second kappa shape index (κ2) is 6.93. The number of morpholine rings is 1. The number of rotatable bonds is 3. The monoisotopic (exact) mass is 269 g/mol. The Hall–Kier alpha value is -0.650. The molecule has 1 fully saturated rings. The molecular formula is C12H15NO2S2. The van der Waals surface area contributed by atoms with Crippen LogP contribution in [0, 0.1) is 0 Å². The smallest absolute Gasteiger partial charge is 0.292 e. The SMILES string of the molecule is O=C(SSCc1ccccc1)N1CCOCC1. The fourth-order valence-electron chi connectivity index (χ4n) is 1.52. The van der Waals surface area contributed by atoms with Crippen molar-refractivity contribution < 1.29 is 9.53 Å². The molecule has 0 unspecified atom stereocenters. The largest absolute Gasteiger partial charge is 0.378 e. The predicted molar refractivity (Wildman–Crippen MR) is 73.1 cm³/mol. The van der Waals surface area contributed by atoms with Crippen LogP contribution in [-0.2, 0) is 10.5 Å². The highest BCUT2D eigenvalue weighted by atomic mass is 33.1. The topological polar surface area (TPSA) is 29.5 Å². The summed E-state index contributed by atoms with van der Waals surface area (Å²) in [5.74, 6) is 0.863. The highest BCUT2D eigenvalue weighted by molar-refractivity contribution is 8.81. The maximum absolute atomic E-state index is 11.8. The minimum atomic E-state index is 0.147. The standard InChI is InChI=1S/C12H15NO2S2/c14-12(13-6-8-15-9-7-13)17-16-10-11-4-2-1-3-5-11/h1-5H,6-10H2. The summed E-state index contributed by atoms with van der Waals surface area (Å²) in [6, 6.07) is 10.2. The first-order chi connectivity index (χ1) is 8.36. The molecule has 1 aliphatic heterocycles. The van der Waals surface area contributed by atoms with Crippen molar-refractivity contribution in [3.05, 3.63) is 35.9 Å². The van der Waals surface area contributed by atoms with E-state index in [1.165, 1.54) is 16.4 Å². The van der Waals surface area contributed by atoms with Gasteiger partial charge in [0.25, 0.3) is 5.24 Å². The van der Waals surface area contributed by atoms with Crippen molar-refractivity contribution in [1.29, 1.82) is 0 Å². The molecule has 0 saturated carbocycles. The minimum Gasteiger partial charge on any atom is -0.378 e.